The van der Waals surface area contributed by atoms with Crippen LogP contribution in [0.2, 0.25) is 0 Å². The van der Waals surface area contributed by atoms with Crippen molar-refractivity contribution in [2.45, 2.75) is 64.1 Å². The zero-order valence-corrected chi connectivity index (χ0v) is 18.7. The van der Waals surface area contributed by atoms with Crippen molar-refractivity contribution in [3.8, 4) is 0 Å². The molecule has 0 spiro atoms. The van der Waals surface area contributed by atoms with Gasteiger partial charge in [-0.05, 0) is 38.7 Å². The van der Waals surface area contributed by atoms with Gasteiger partial charge in [-0.2, -0.15) is 5.10 Å². The number of amides is 2. The molecule has 0 atom stereocenters. The third-order valence-corrected chi connectivity index (χ3v) is 6.63. The molecule has 3 heterocycles. The minimum Gasteiger partial charge on any atom is -0.393 e. The van der Waals surface area contributed by atoms with E-state index in [-0.39, 0.29) is 23.7 Å². The summed E-state index contributed by atoms with van der Waals surface area (Å²) in [6.45, 7) is 2.55. The van der Waals surface area contributed by atoms with Crippen LogP contribution < -0.4 is 10.2 Å². The van der Waals surface area contributed by atoms with Crippen LogP contribution in [0, 0.1) is 6.92 Å². The van der Waals surface area contributed by atoms with Gasteiger partial charge in [-0.25, -0.2) is 13.6 Å². The number of halogens is 2. The lowest BCUT2D eigenvalue weighted by Gasteiger charge is -2.30. The number of rotatable bonds is 4. The molecule has 10 heteroatoms. The number of pyridine rings is 1. The second-order valence-electron chi connectivity index (χ2n) is 8.61. The van der Waals surface area contributed by atoms with Gasteiger partial charge < -0.3 is 20.2 Å². The number of hydrogen-bond acceptors (Lipinski definition) is 5. The standard InChI is InChI=1S/C22H30F2N6O2/c1-13-17(20(23)24)10-15(11-26-13)28(3)21-18-12-29(22(32)25-2)9-8-19(18)30(27-21)14-4-6-16(31)7-5-14/h10-11,14,16,20,31H,4-9,12H2,1-3H3,(H,25,32). The molecule has 2 N–H and O–H groups in total. The molecule has 0 saturated heterocycles. The zero-order valence-electron chi connectivity index (χ0n) is 18.7. The first-order valence-corrected chi connectivity index (χ1v) is 11.0. The highest BCUT2D eigenvalue weighted by Gasteiger charge is 2.32. The number of aliphatic hydroxyl groups is 1. The summed E-state index contributed by atoms with van der Waals surface area (Å²) in [6, 6.07) is 1.47. The molecule has 2 amide bonds. The maximum atomic E-state index is 13.5. The van der Waals surface area contributed by atoms with E-state index in [1.807, 2.05) is 4.68 Å². The molecular formula is C22H30F2N6O2. The highest BCUT2D eigenvalue weighted by atomic mass is 19.3. The molecule has 1 aliphatic carbocycles. The lowest BCUT2D eigenvalue weighted by molar-refractivity contribution is 0.107. The second-order valence-corrected chi connectivity index (χ2v) is 8.61. The van der Waals surface area contributed by atoms with E-state index in [0.717, 1.165) is 36.9 Å². The minimum absolute atomic E-state index is 0.101. The summed E-state index contributed by atoms with van der Waals surface area (Å²) in [5, 5.41) is 17.5. The molecule has 2 aromatic rings. The number of fused-ring (bicyclic) bond motifs is 1. The van der Waals surface area contributed by atoms with Crippen molar-refractivity contribution in [2.24, 2.45) is 0 Å². The average molecular weight is 449 g/mol. The van der Waals surface area contributed by atoms with Gasteiger partial charge in [0.15, 0.2) is 5.82 Å². The van der Waals surface area contributed by atoms with E-state index in [9.17, 15) is 18.7 Å². The molecule has 0 aromatic carbocycles. The van der Waals surface area contributed by atoms with Gasteiger partial charge in [0.1, 0.15) is 0 Å². The molecule has 2 aromatic heterocycles. The summed E-state index contributed by atoms with van der Waals surface area (Å²) in [7, 11) is 3.39. The normalized spacial score (nSPS) is 20.9. The topological polar surface area (TPSA) is 86.5 Å². The Morgan fingerprint density at radius 1 is 1.31 bits per heavy atom. The summed E-state index contributed by atoms with van der Waals surface area (Å²) in [5.74, 6) is 0.644. The van der Waals surface area contributed by atoms with Gasteiger partial charge in [0.2, 0.25) is 0 Å². The fraction of sp³-hybridized carbons (Fsp3) is 0.591. The number of carbonyl (C=O) groups is 1. The lowest BCUT2D eigenvalue weighted by Crippen LogP contribution is -2.41. The molecule has 32 heavy (non-hydrogen) atoms. The summed E-state index contributed by atoms with van der Waals surface area (Å²) >= 11 is 0. The quantitative estimate of drug-likeness (QED) is 0.748. The van der Waals surface area contributed by atoms with Crippen LogP contribution in [0.25, 0.3) is 0 Å². The molecule has 1 aliphatic heterocycles. The number of urea groups is 1. The number of aryl methyl sites for hydroxylation is 1. The van der Waals surface area contributed by atoms with Crippen LogP contribution in [0.1, 0.15) is 60.7 Å². The lowest BCUT2D eigenvalue weighted by atomic mass is 9.93. The minimum atomic E-state index is -2.61. The van der Waals surface area contributed by atoms with E-state index in [4.69, 9.17) is 5.10 Å². The zero-order chi connectivity index (χ0) is 23.0. The number of nitrogens with one attached hydrogen (secondary N) is 1. The Bertz CT molecular complexity index is 987. The fourth-order valence-corrected chi connectivity index (χ4v) is 4.70. The van der Waals surface area contributed by atoms with E-state index in [1.165, 1.54) is 6.07 Å². The molecule has 8 nitrogen and oxygen atoms in total. The molecule has 4 rings (SSSR count). The Kier molecular flexibility index (Phi) is 6.32. The van der Waals surface area contributed by atoms with Gasteiger partial charge >= 0.3 is 6.03 Å². The Morgan fingerprint density at radius 3 is 2.69 bits per heavy atom. The van der Waals surface area contributed by atoms with Crippen LogP contribution in [0.15, 0.2) is 12.3 Å². The number of carbonyl (C=O) groups excluding carboxylic acids is 1. The van der Waals surface area contributed by atoms with Crippen LogP contribution >= 0.6 is 0 Å². The Hall–Kier alpha value is -2.75. The Labute approximate surface area is 186 Å². The van der Waals surface area contributed by atoms with Gasteiger partial charge in [-0.15, -0.1) is 0 Å². The largest absolute Gasteiger partial charge is 0.393 e. The van der Waals surface area contributed by atoms with Crippen molar-refractivity contribution in [3.05, 3.63) is 34.8 Å². The first kappa shape index (κ1) is 22.4. The molecular weight excluding hydrogens is 418 g/mol. The van der Waals surface area contributed by atoms with Crippen molar-refractivity contribution in [3.63, 3.8) is 0 Å². The second kappa shape index (κ2) is 9.01. The third-order valence-electron chi connectivity index (χ3n) is 6.63. The molecule has 174 valence electrons. The van der Waals surface area contributed by atoms with Crippen LogP contribution in [0.4, 0.5) is 25.1 Å². The van der Waals surface area contributed by atoms with Gasteiger partial charge in [0, 0.05) is 49.6 Å². The van der Waals surface area contributed by atoms with E-state index in [2.05, 4.69) is 10.3 Å². The monoisotopic (exact) mass is 448 g/mol. The summed E-state index contributed by atoms with van der Waals surface area (Å²) in [4.78, 5) is 20.0. The molecule has 0 unspecified atom stereocenters. The van der Waals surface area contributed by atoms with Crippen molar-refractivity contribution < 1.29 is 18.7 Å². The molecule has 0 radical (unpaired) electrons. The number of anilines is 2. The maximum absolute atomic E-state index is 13.5. The molecule has 2 aliphatic rings. The Balaban J connectivity index is 1.74. The first-order valence-electron chi connectivity index (χ1n) is 11.0. The van der Waals surface area contributed by atoms with Crippen LogP contribution in [-0.2, 0) is 13.0 Å². The maximum Gasteiger partial charge on any atom is 0.317 e. The smallest absolute Gasteiger partial charge is 0.317 e. The molecule has 1 saturated carbocycles. The van der Waals surface area contributed by atoms with Crippen molar-refractivity contribution >= 4 is 17.5 Å². The van der Waals surface area contributed by atoms with Crippen LogP contribution in [-0.4, -0.2) is 57.5 Å². The Morgan fingerprint density at radius 2 is 2.03 bits per heavy atom. The van der Waals surface area contributed by atoms with E-state index in [1.54, 1.807) is 37.0 Å². The SMILES string of the molecule is CNC(=O)N1CCc2c(c(N(C)c3cnc(C)c(C(F)F)c3)nn2C2CCC(O)CC2)C1. The highest BCUT2D eigenvalue weighted by Crippen LogP contribution is 2.38. The van der Waals surface area contributed by atoms with Crippen molar-refractivity contribution in [1.82, 2.24) is 25.0 Å². The van der Waals surface area contributed by atoms with Crippen molar-refractivity contribution in [2.75, 3.05) is 25.5 Å². The van der Waals surface area contributed by atoms with Crippen LogP contribution in [0.3, 0.4) is 0 Å². The van der Waals surface area contributed by atoms with Crippen LogP contribution in [0.5, 0.6) is 0 Å². The number of aromatic nitrogens is 3. The van der Waals surface area contributed by atoms with E-state index < -0.39 is 6.43 Å². The molecule has 1 fully saturated rings. The summed E-state index contributed by atoms with van der Waals surface area (Å²) in [5.41, 5.74) is 2.72. The number of hydrogen-bond donors (Lipinski definition) is 2. The molecule has 0 bridgehead atoms. The predicted molar refractivity (Wildman–Crippen MR) is 116 cm³/mol. The first-order chi connectivity index (χ1) is 15.3. The third kappa shape index (κ3) is 4.15. The van der Waals surface area contributed by atoms with Gasteiger partial charge in [-0.1, -0.05) is 0 Å². The van der Waals surface area contributed by atoms with Gasteiger partial charge in [-0.3, -0.25) is 9.67 Å². The van der Waals surface area contributed by atoms with E-state index >= 15 is 0 Å². The number of aliphatic hydroxyl groups excluding tert-OH is 1. The fourth-order valence-electron chi connectivity index (χ4n) is 4.70. The highest BCUT2D eigenvalue weighted by molar-refractivity contribution is 5.75. The van der Waals surface area contributed by atoms with Crippen molar-refractivity contribution in [1.29, 1.82) is 0 Å². The number of alkyl halides is 2. The van der Waals surface area contributed by atoms with Gasteiger partial charge in [0.25, 0.3) is 6.43 Å². The average Bonchev–Trinajstić information content (AvgIpc) is 3.17. The predicted octanol–water partition coefficient (Wildman–Crippen LogP) is 3.47. The summed E-state index contributed by atoms with van der Waals surface area (Å²) in [6.07, 6.45) is 2.48. The number of nitrogens with zero attached hydrogens (tertiary/aromatic N) is 5. The van der Waals surface area contributed by atoms with Gasteiger partial charge in [0.05, 0.1) is 30.6 Å². The van der Waals surface area contributed by atoms with E-state index in [0.29, 0.717) is 36.7 Å². The summed E-state index contributed by atoms with van der Waals surface area (Å²) < 4.78 is 29.0.